The van der Waals surface area contributed by atoms with Crippen molar-refractivity contribution in [3.63, 3.8) is 0 Å². The summed E-state index contributed by atoms with van der Waals surface area (Å²) in [6, 6.07) is 16.6. The minimum Gasteiger partial charge on any atom is -0.292 e. The van der Waals surface area contributed by atoms with Crippen LogP contribution in [0.4, 0.5) is 0 Å². The summed E-state index contributed by atoms with van der Waals surface area (Å²) >= 11 is 0. The van der Waals surface area contributed by atoms with E-state index in [4.69, 9.17) is 9.78 Å². The highest BCUT2D eigenvalue weighted by atomic mass is 17.2. The van der Waals surface area contributed by atoms with Crippen LogP contribution in [-0.4, -0.2) is 5.97 Å². The zero-order valence-electron chi connectivity index (χ0n) is 10.1. The Morgan fingerprint density at radius 2 is 1.83 bits per heavy atom. The Kier molecular flexibility index (Phi) is 4.10. The number of hydrogen-bond donors (Lipinski definition) is 0. The van der Waals surface area contributed by atoms with Crippen molar-refractivity contribution in [3.8, 4) is 0 Å². The van der Waals surface area contributed by atoms with Gasteiger partial charge < -0.3 is 0 Å². The molecule has 0 aliphatic rings. The third-order valence-corrected chi connectivity index (χ3v) is 2.45. The topological polar surface area (TPSA) is 35.5 Å². The van der Waals surface area contributed by atoms with Gasteiger partial charge in [0.05, 0.1) is 5.56 Å². The lowest BCUT2D eigenvalue weighted by atomic mass is 10.1. The molecule has 0 bridgehead atoms. The third kappa shape index (κ3) is 3.43. The molecule has 0 aromatic heterocycles. The first-order valence-electron chi connectivity index (χ1n) is 5.70. The number of carbonyl (C=O) groups excluding carboxylic acids is 1. The largest absolute Gasteiger partial charge is 0.373 e. The number of carbonyl (C=O) groups is 1. The van der Waals surface area contributed by atoms with Crippen LogP contribution in [0.1, 0.15) is 21.5 Å². The molecule has 3 nitrogen and oxygen atoms in total. The van der Waals surface area contributed by atoms with Crippen molar-refractivity contribution < 1.29 is 14.6 Å². The zero-order chi connectivity index (χ0) is 12.8. The van der Waals surface area contributed by atoms with Gasteiger partial charge in [-0.2, -0.15) is 4.89 Å². The quantitative estimate of drug-likeness (QED) is 0.609. The summed E-state index contributed by atoms with van der Waals surface area (Å²) in [6.07, 6.45) is 0. The van der Waals surface area contributed by atoms with E-state index in [2.05, 4.69) is 0 Å². The van der Waals surface area contributed by atoms with Crippen LogP contribution >= 0.6 is 0 Å². The van der Waals surface area contributed by atoms with Crippen LogP contribution in [0.25, 0.3) is 0 Å². The van der Waals surface area contributed by atoms with Crippen LogP contribution in [0.2, 0.25) is 0 Å². The zero-order valence-corrected chi connectivity index (χ0v) is 10.1. The van der Waals surface area contributed by atoms with Crippen molar-refractivity contribution >= 4 is 5.97 Å². The highest BCUT2D eigenvalue weighted by Gasteiger charge is 2.06. The van der Waals surface area contributed by atoms with E-state index in [0.29, 0.717) is 5.56 Å². The summed E-state index contributed by atoms with van der Waals surface area (Å²) < 4.78 is 0. The molecule has 0 fully saturated rings. The molecule has 2 rings (SSSR count). The normalized spacial score (nSPS) is 10.1. The van der Waals surface area contributed by atoms with Crippen molar-refractivity contribution in [1.82, 2.24) is 0 Å². The molecule has 0 unspecified atom stereocenters. The Bertz CT molecular complexity index is 520. The fourth-order valence-electron chi connectivity index (χ4n) is 1.58. The first kappa shape index (κ1) is 12.3. The predicted molar refractivity (Wildman–Crippen MR) is 67.8 cm³/mol. The lowest BCUT2D eigenvalue weighted by Gasteiger charge is -2.04. The second-order valence-electron chi connectivity index (χ2n) is 3.99. The summed E-state index contributed by atoms with van der Waals surface area (Å²) in [6.45, 7) is 2.25. The highest BCUT2D eigenvalue weighted by Crippen LogP contribution is 2.07. The van der Waals surface area contributed by atoms with E-state index in [9.17, 15) is 4.79 Å². The molecule has 2 aromatic carbocycles. The molecule has 0 spiro atoms. The van der Waals surface area contributed by atoms with Crippen molar-refractivity contribution in [1.29, 1.82) is 0 Å². The van der Waals surface area contributed by atoms with Gasteiger partial charge in [-0.15, -0.1) is 0 Å². The van der Waals surface area contributed by atoms with Crippen LogP contribution < -0.4 is 0 Å². The van der Waals surface area contributed by atoms with E-state index in [1.165, 1.54) is 0 Å². The SMILES string of the molecule is Cc1cccc(COOC(=O)c2ccccc2)c1. The monoisotopic (exact) mass is 242 g/mol. The summed E-state index contributed by atoms with van der Waals surface area (Å²) in [5, 5.41) is 0. The first-order valence-corrected chi connectivity index (χ1v) is 5.70. The van der Waals surface area contributed by atoms with Gasteiger partial charge >= 0.3 is 5.97 Å². The predicted octanol–water partition coefficient (Wildman–Crippen LogP) is 3.28. The highest BCUT2D eigenvalue weighted by molar-refractivity contribution is 5.88. The van der Waals surface area contributed by atoms with Crippen molar-refractivity contribution in [3.05, 3.63) is 71.3 Å². The maximum absolute atomic E-state index is 11.6. The molecule has 0 aliphatic heterocycles. The minimum absolute atomic E-state index is 0.250. The molecular weight excluding hydrogens is 228 g/mol. The number of aryl methyl sites for hydroxylation is 1. The van der Waals surface area contributed by atoms with Crippen LogP contribution in [0, 0.1) is 6.92 Å². The van der Waals surface area contributed by atoms with Crippen molar-refractivity contribution in [2.45, 2.75) is 13.5 Å². The Labute approximate surface area is 106 Å². The van der Waals surface area contributed by atoms with Gasteiger partial charge in [-0.1, -0.05) is 48.0 Å². The molecule has 0 saturated heterocycles. The summed E-state index contributed by atoms with van der Waals surface area (Å²) in [5.74, 6) is -0.483. The minimum atomic E-state index is -0.483. The molecule has 18 heavy (non-hydrogen) atoms. The number of hydrogen-bond acceptors (Lipinski definition) is 3. The molecule has 2 aromatic rings. The van der Waals surface area contributed by atoms with Gasteiger partial charge in [-0.05, 0) is 24.6 Å². The Morgan fingerprint density at radius 3 is 2.56 bits per heavy atom. The third-order valence-electron chi connectivity index (χ3n) is 2.45. The molecule has 92 valence electrons. The lowest BCUT2D eigenvalue weighted by molar-refractivity contribution is -0.250. The van der Waals surface area contributed by atoms with Gasteiger partial charge in [0.15, 0.2) is 0 Å². The van der Waals surface area contributed by atoms with E-state index in [1.54, 1.807) is 24.3 Å². The van der Waals surface area contributed by atoms with E-state index >= 15 is 0 Å². The molecule has 3 heteroatoms. The summed E-state index contributed by atoms with van der Waals surface area (Å²) in [7, 11) is 0. The number of benzene rings is 2. The lowest BCUT2D eigenvalue weighted by Crippen LogP contribution is -2.05. The molecule has 0 radical (unpaired) electrons. The van der Waals surface area contributed by atoms with Crippen LogP contribution in [0.3, 0.4) is 0 Å². The summed E-state index contributed by atoms with van der Waals surface area (Å²) in [4.78, 5) is 21.2. The van der Waals surface area contributed by atoms with Gasteiger partial charge in [-0.3, -0.25) is 4.89 Å². The fourth-order valence-corrected chi connectivity index (χ4v) is 1.58. The van der Waals surface area contributed by atoms with Crippen molar-refractivity contribution in [2.75, 3.05) is 0 Å². The van der Waals surface area contributed by atoms with E-state index in [0.717, 1.165) is 11.1 Å². The molecular formula is C15H14O3. The molecule has 0 saturated carbocycles. The molecule has 0 aliphatic carbocycles. The fraction of sp³-hybridized carbons (Fsp3) is 0.133. The molecule has 0 heterocycles. The van der Waals surface area contributed by atoms with E-state index < -0.39 is 5.97 Å². The van der Waals surface area contributed by atoms with Gasteiger partial charge in [0, 0.05) is 0 Å². The van der Waals surface area contributed by atoms with Crippen LogP contribution in [0.5, 0.6) is 0 Å². The second-order valence-corrected chi connectivity index (χ2v) is 3.99. The van der Waals surface area contributed by atoms with Crippen molar-refractivity contribution in [2.24, 2.45) is 0 Å². The van der Waals surface area contributed by atoms with Crippen LogP contribution in [0.15, 0.2) is 54.6 Å². The van der Waals surface area contributed by atoms with Gasteiger partial charge in [-0.25, -0.2) is 4.79 Å². The maximum atomic E-state index is 11.6. The molecule has 0 atom stereocenters. The van der Waals surface area contributed by atoms with Crippen LogP contribution in [-0.2, 0) is 16.4 Å². The van der Waals surface area contributed by atoms with Gasteiger partial charge in [0.25, 0.3) is 0 Å². The molecule has 0 amide bonds. The van der Waals surface area contributed by atoms with Gasteiger partial charge in [0.1, 0.15) is 6.61 Å². The Balaban J connectivity index is 1.84. The number of rotatable bonds is 4. The average Bonchev–Trinajstić information content (AvgIpc) is 2.40. The maximum Gasteiger partial charge on any atom is 0.373 e. The molecule has 0 N–H and O–H groups in total. The Morgan fingerprint density at radius 1 is 1.06 bits per heavy atom. The average molecular weight is 242 g/mol. The smallest absolute Gasteiger partial charge is 0.292 e. The Hall–Kier alpha value is -2.13. The summed E-state index contributed by atoms with van der Waals surface area (Å²) in [5.41, 5.74) is 2.59. The van der Waals surface area contributed by atoms with E-state index in [-0.39, 0.29) is 6.61 Å². The second kappa shape index (κ2) is 5.98. The standard InChI is InChI=1S/C15H14O3/c1-12-6-5-7-13(10-12)11-17-18-15(16)14-8-3-2-4-9-14/h2-10H,11H2,1H3. The van der Waals surface area contributed by atoms with Gasteiger partial charge in [0.2, 0.25) is 0 Å². The first-order chi connectivity index (χ1) is 8.75. The van der Waals surface area contributed by atoms with E-state index in [1.807, 2.05) is 37.3 Å².